The highest BCUT2D eigenvalue weighted by molar-refractivity contribution is 7.98. The average molecular weight is 410 g/mol. The van der Waals surface area contributed by atoms with Gasteiger partial charge in [0, 0.05) is 23.4 Å². The maximum Gasteiger partial charge on any atom is 0.191 e. The molecule has 0 aliphatic carbocycles. The average Bonchev–Trinajstić information content (AvgIpc) is 3.06. The number of hydrogen-bond acceptors (Lipinski definition) is 4. The Labute approximate surface area is 165 Å². The van der Waals surface area contributed by atoms with E-state index in [1.807, 2.05) is 35.8 Å². The number of nitrogens with zero attached hydrogens (tertiary/aromatic N) is 3. The number of thioether (sulfide) groups is 1. The fraction of sp³-hybridized carbons (Fsp3) is 0.263. The predicted molar refractivity (Wildman–Crippen MR) is 102 cm³/mol. The summed E-state index contributed by atoms with van der Waals surface area (Å²) in [6, 6.07) is 10.8. The van der Waals surface area contributed by atoms with Gasteiger partial charge in [0.05, 0.1) is 0 Å². The van der Waals surface area contributed by atoms with Gasteiger partial charge in [-0.2, -0.15) is 0 Å². The molecule has 0 aliphatic heterocycles. The standard InChI is InChI=1S/C19H18ClF2N3OS/c1-3-25-18(12(2)26-17-9-8-15(21)10-16(17)22)23-24-19(25)27-11-13-4-6-14(20)7-5-13/h4-10,12H,3,11H2,1-2H3. The Bertz CT molecular complexity index is 918. The summed E-state index contributed by atoms with van der Waals surface area (Å²) in [6.45, 7) is 4.38. The largest absolute Gasteiger partial charge is 0.480 e. The maximum atomic E-state index is 13.8. The first-order valence-electron chi connectivity index (χ1n) is 8.40. The van der Waals surface area contributed by atoms with Crippen LogP contribution < -0.4 is 4.74 Å². The van der Waals surface area contributed by atoms with Gasteiger partial charge in [0.2, 0.25) is 0 Å². The van der Waals surface area contributed by atoms with E-state index < -0.39 is 17.7 Å². The molecule has 0 bridgehead atoms. The number of hydrogen-bond donors (Lipinski definition) is 0. The van der Waals surface area contributed by atoms with E-state index in [1.165, 1.54) is 6.07 Å². The molecule has 0 amide bonds. The summed E-state index contributed by atoms with van der Waals surface area (Å²) in [5.41, 5.74) is 1.12. The summed E-state index contributed by atoms with van der Waals surface area (Å²) in [7, 11) is 0. The second kappa shape index (κ2) is 8.71. The van der Waals surface area contributed by atoms with Crippen LogP contribution in [0.2, 0.25) is 5.02 Å². The van der Waals surface area contributed by atoms with Crippen molar-refractivity contribution in [3.63, 3.8) is 0 Å². The smallest absolute Gasteiger partial charge is 0.191 e. The zero-order chi connectivity index (χ0) is 19.4. The van der Waals surface area contributed by atoms with Crippen molar-refractivity contribution < 1.29 is 13.5 Å². The molecule has 4 nitrogen and oxygen atoms in total. The Kier molecular flexibility index (Phi) is 6.34. The van der Waals surface area contributed by atoms with Gasteiger partial charge in [0.25, 0.3) is 0 Å². The van der Waals surface area contributed by atoms with E-state index in [1.54, 1.807) is 18.7 Å². The second-order valence-corrected chi connectivity index (χ2v) is 7.21. The third-order valence-electron chi connectivity index (χ3n) is 3.90. The molecule has 1 aromatic heterocycles. The van der Waals surface area contributed by atoms with Gasteiger partial charge in [-0.3, -0.25) is 0 Å². The molecule has 142 valence electrons. The van der Waals surface area contributed by atoms with Crippen LogP contribution in [0.1, 0.15) is 31.3 Å². The molecular formula is C19H18ClF2N3OS. The van der Waals surface area contributed by atoms with Crippen molar-refractivity contribution in [1.82, 2.24) is 14.8 Å². The normalized spacial score (nSPS) is 12.2. The highest BCUT2D eigenvalue weighted by Crippen LogP contribution is 2.28. The first-order chi connectivity index (χ1) is 13.0. The lowest BCUT2D eigenvalue weighted by Gasteiger charge is -2.16. The fourth-order valence-electron chi connectivity index (χ4n) is 2.55. The molecule has 8 heteroatoms. The SMILES string of the molecule is CCn1c(SCc2ccc(Cl)cc2)nnc1C(C)Oc1ccc(F)cc1F. The highest BCUT2D eigenvalue weighted by Gasteiger charge is 2.20. The number of halogens is 3. The van der Waals surface area contributed by atoms with Crippen molar-refractivity contribution in [1.29, 1.82) is 0 Å². The zero-order valence-electron chi connectivity index (χ0n) is 14.8. The van der Waals surface area contributed by atoms with Gasteiger partial charge in [0.1, 0.15) is 5.82 Å². The van der Waals surface area contributed by atoms with Crippen LogP contribution in [0.25, 0.3) is 0 Å². The molecule has 0 fully saturated rings. The van der Waals surface area contributed by atoms with E-state index in [0.717, 1.165) is 28.6 Å². The minimum atomic E-state index is -0.748. The summed E-state index contributed by atoms with van der Waals surface area (Å²) >= 11 is 7.45. The van der Waals surface area contributed by atoms with Crippen LogP contribution in [0.3, 0.4) is 0 Å². The monoisotopic (exact) mass is 409 g/mol. The van der Waals surface area contributed by atoms with Crippen LogP contribution in [-0.2, 0) is 12.3 Å². The van der Waals surface area contributed by atoms with Crippen molar-refractivity contribution in [3.8, 4) is 5.75 Å². The van der Waals surface area contributed by atoms with E-state index in [0.29, 0.717) is 17.4 Å². The minimum absolute atomic E-state index is 0.0232. The second-order valence-electron chi connectivity index (χ2n) is 5.83. The summed E-state index contributed by atoms with van der Waals surface area (Å²) < 4.78 is 34.4. The Balaban J connectivity index is 1.73. The molecule has 0 spiro atoms. The fourth-order valence-corrected chi connectivity index (χ4v) is 3.64. The van der Waals surface area contributed by atoms with E-state index in [2.05, 4.69) is 10.2 Å². The van der Waals surface area contributed by atoms with Crippen LogP contribution in [-0.4, -0.2) is 14.8 Å². The van der Waals surface area contributed by atoms with Gasteiger partial charge < -0.3 is 9.30 Å². The summed E-state index contributed by atoms with van der Waals surface area (Å²) in [4.78, 5) is 0. The summed E-state index contributed by atoms with van der Waals surface area (Å²) in [5, 5.41) is 9.88. The Morgan fingerprint density at radius 2 is 1.89 bits per heavy atom. The first kappa shape index (κ1) is 19.6. The van der Waals surface area contributed by atoms with Gasteiger partial charge in [-0.15, -0.1) is 10.2 Å². The highest BCUT2D eigenvalue weighted by atomic mass is 35.5. The van der Waals surface area contributed by atoms with Crippen LogP contribution >= 0.6 is 23.4 Å². The molecule has 27 heavy (non-hydrogen) atoms. The molecule has 3 aromatic rings. The number of rotatable bonds is 7. The first-order valence-corrected chi connectivity index (χ1v) is 9.76. The van der Waals surface area contributed by atoms with Crippen LogP contribution in [0.5, 0.6) is 5.75 Å². The van der Waals surface area contributed by atoms with Crippen molar-refractivity contribution in [2.75, 3.05) is 0 Å². The zero-order valence-corrected chi connectivity index (χ0v) is 16.4. The third kappa shape index (κ3) is 4.78. The lowest BCUT2D eigenvalue weighted by molar-refractivity contribution is 0.200. The van der Waals surface area contributed by atoms with Crippen molar-refractivity contribution in [2.24, 2.45) is 0 Å². The molecule has 0 saturated carbocycles. The van der Waals surface area contributed by atoms with Crippen molar-refractivity contribution in [2.45, 2.75) is 37.4 Å². The summed E-state index contributed by atoms with van der Waals surface area (Å²) in [6.07, 6.45) is -0.540. The van der Waals surface area contributed by atoms with Gasteiger partial charge in [-0.05, 0) is 43.7 Å². The molecule has 1 atom stereocenters. The molecule has 0 radical (unpaired) electrons. The Morgan fingerprint density at radius 3 is 2.56 bits per heavy atom. The number of ether oxygens (including phenoxy) is 1. The van der Waals surface area contributed by atoms with Crippen LogP contribution in [0.15, 0.2) is 47.6 Å². The maximum absolute atomic E-state index is 13.8. The van der Waals surface area contributed by atoms with Gasteiger partial charge in [0.15, 0.2) is 28.7 Å². The van der Waals surface area contributed by atoms with Crippen LogP contribution in [0, 0.1) is 11.6 Å². The lowest BCUT2D eigenvalue weighted by Crippen LogP contribution is -2.12. The van der Waals surface area contributed by atoms with Gasteiger partial charge >= 0.3 is 0 Å². The van der Waals surface area contributed by atoms with E-state index in [9.17, 15) is 8.78 Å². The molecular weight excluding hydrogens is 392 g/mol. The molecule has 1 unspecified atom stereocenters. The third-order valence-corrected chi connectivity index (χ3v) is 5.19. The van der Waals surface area contributed by atoms with Crippen LogP contribution in [0.4, 0.5) is 8.78 Å². The lowest BCUT2D eigenvalue weighted by atomic mass is 10.2. The van der Waals surface area contributed by atoms with E-state index in [4.69, 9.17) is 16.3 Å². The van der Waals surface area contributed by atoms with Gasteiger partial charge in [-0.1, -0.05) is 35.5 Å². The van der Waals surface area contributed by atoms with Crippen molar-refractivity contribution in [3.05, 3.63) is 70.5 Å². The molecule has 2 aromatic carbocycles. The molecule has 0 aliphatic rings. The topological polar surface area (TPSA) is 39.9 Å². The quantitative estimate of drug-likeness (QED) is 0.472. The number of aromatic nitrogens is 3. The molecule has 0 saturated heterocycles. The number of benzene rings is 2. The van der Waals surface area contributed by atoms with Crippen molar-refractivity contribution >= 4 is 23.4 Å². The Hall–Kier alpha value is -2.12. The molecule has 3 rings (SSSR count). The molecule has 1 heterocycles. The minimum Gasteiger partial charge on any atom is -0.480 e. The Morgan fingerprint density at radius 1 is 1.15 bits per heavy atom. The van der Waals surface area contributed by atoms with E-state index >= 15 is 0 Å². The molecule has 0 N–H and O–H groups in total. The predicted octanol–water partition coefficient (Wildman–Crippen LogP) is 5.66. The van der Waals surface area contributed by atoms with E-state index in [-0.39, 0.29) is 5.75 Å². The van der Waals surface area contributed by atoms with Gasteiger partial charge in [-0.25, -0.2) is 8.78 Å². The summed E-state index contributed by atoms with van der Waals surface area (Å²) in [5.74, 6) is -0.117.